The van der Waals surface area contributed by atoms with E-state index < -0.39 is 0 Å². The largest absolute Gasteiger partial charge is 0.339 e. The molecule has 2 amide bonds. The number of benzene rings is 3. The number of anilines is 1. The molecule has 0 saturated carbocycles. The molecule has 0 bridgehead atoms. The zero-order chi connectivity index (χ0) is 20.9. The number of hydrogen-bond donors (Lipinski definition) is 0. The molecule has 152 valence electrons. The molecule has 1 aliphatic rings. The Morgan fingerprint density at radius 1 is 0.900 bits per heavy atom. The van der Waals surface area contributed by atoms with E-state index in [1.54, 1.807) is 11.0 Å². The first-order chi connectivity index (χ1) is 14.6. The van der Waals surface area contributed by atoms with E-state index >= 15 is 0 Å². The van der Waals surface area contributed by atoms with Crippen LogP contribution in [0.2, 0.25) is 0 Å². The van der Waals surface area contributed by atoms with Gasteiger partial charge in [0, 0.05) is 37.8 Å². The predicted octanol–water partition coefficient (Wildman–Crippen LogP) is 4.75. The summed E-state index contributed by atoms with van der Waals surface area (Å²) in [5, 5.41) is 2.29. The minimum absolute atomic E-state index is 0.00707. The highest BCUT2D eigenvalue weighted by Gasteiger charge is 2.29. The summed E-state index contributed by atoms with van der Waals surface area (Å²) >= 11 is 0. The van der Waals surface area contributed by atoms with Crippen LogP contribution in [0.15, 0.2) is 78.9 Å². The highest BCUT2D eigenvalue weighted by atomic mass is 16.2. The first-order valence-electron chi connectivity index (χ1n) is 10.4. The van der Waals surface area contributed by atoms with Gasteiger partial charge < -0.3 is 9.80 Å². The molecule has 3 aromatic rings. The fourth-order valence-electron chi connectivity index (χ4n) is 3.97. The van der Waals surface area contributed by atoms with Crippen LogP contribution in [-0.4, -0.2) is 36.9 Å². The van der Waals surface area contributed by atoms with Crippen molar-refractivity contribution in [3.05, 3.63) is 84.4 Å². The molecule has 1 heterocycles. The Morgan fingerprint density at radius 3 is 2.30 bits per heavy atom. The van der Waals surface area contributed by atoms with Crippen molar-refractivity contribution in [1.29, 1.82) is 0 Å². The van der Waals surface area contributed by atoms with Crippen LogP contribution in [0, 0.1) is 5.92 Å². The van der Waals surface area contributed by atoms with Crippen LogP contribution in [0.25, 0.3) is 16.8 Å². The molecule has 0 atom stereocenters. The van der Waals surface area contributed by atoms with Crippen molar-refractivity contribution in [3.63, 3.8) is 0 Å². The van der Waals surface area contributed by atoms with Gasteiger partial charge in [0.2, 0.25) is 11.8 Å². The van der Waals surface area contributed by atoms with E-state index in [9.17, 15) is 9.59 Å². The van der Waals surface area contributed by atoms with Crippen LogP contribution >= 0.6 is 0 Å². The van der Waals surface area contributed by atoms with Crippen molar-refractivity contribution in [3.8, 4) is 0 Å². The van der Waals surface area contributed by atoms with Gasteiger partial charge in [0.05, 0.1) is 0 Å². The second kappa shape index (κ2) is 8.95. The van der Waals surface area contributed by atoms with Gasteiger partial charge in [0.1, 0.15) is 0 Å². The average Bonchev–Trinajstić information content (AvgIpc) is 2.82. The highest BCUT2D eigenvalue weighted by molar-refractivity contribution is 5.97. The van der Waals surface area contributed by atoms with Crippen LogP contribution < -0.4 is 4.90 Å². The quantitative estimate of drug-likeness (QED) is 0.595. The molecule has 4 rings (SSSR count). The van der Waals surface area contributed by atoms with E-state index in [-0.39, 0.29) is 17.7 Å². The van der Waals surface area contributed by atoms with Gasteiger partial charge in [-0.15, -0.1) is 0 Å². The normalized spacial score (nSPS) is 14.9. The molecule has 1 fully saturated rings. The number of amides is 2. The Bertz CT molecular complexity index is 1070. The van der Waals surface area contributed by atoms with E-state index in [4.69, 9.17) is 0 Å². The lowest BCUT2D eigenvalue weighted by Crippen LogP contribution is -2.43. The van der Waals surface area contributed by atoms with Crippen molar-refractivity contribution in [2.24, 2.45) is 5.92 Å². The van der Waals surface area contributed by atoms with Gasteiger partial charge in [-0.3, -0.25) is 9.59 Å². The summed E-state index contributed by atoms with van der Waals surface area (Å²) in [7, 11) is 1.84. The van der Waals surface area contributed by atoms with E-state index in [1.807, 2.05) is 66.6 Å². The van der Waals surface area contributed by atoms with E-state index in [1.165, 1.54) is 0 Å². The van der Waals surface area contributed by atoms with Gasteiger partial charge in [-0.2, -0.15) is 0 Å². The molecular weight excluding hydrogens is 372 g/mol. The SMILES string of the molecule is CN(C(=O)C1CCN(C(=O)/C=C/c2ccccc2)CC1)c1ccc2ccccc2c1. The standard InChI is InChI=1S/C26H26N2O2/c1-27(24-13-12-21-9-5-6-10-23(21)19-24)26(30)22-15-17-28(18-16-22)25(29)14-11-20-7-3-2-4-8-20/h2-14,19,22H,15-18H2,1H3/b14-11+. The fraction of sp³-hybridized carbons (Fsp3) is 0.231. The lowest BCUT2D eigenvalue weighted by molar-refractivity contribution is -0.130. The molecule has 30 heavy (non-hydrogen) atoms. The number of carbonyl (C=O) groups is 2. The van der Waals surface area contributed by atoms with Gasteiger partial charge in [-0.25, -0.2) is 0 Å². The lowest BCUT2D eigenvalue weighted by atomic mass is 9.95. The minimum Gasteiger partial charge on any atom is -0.339 e. The Balaban J connectivity index is 1.35. The third-order valence-electron chi connectivity index (χ3n) is 5.82. The zero-order valence-corrected chi connectivity index (χ0v) is 17.2. The smallest absolute Gasteiger partial charge is 0.246 e. The topological polar surface area (TPSA) is 40.6 Å². The van der Waals surface area contributed by atoms with Gasteiger partial charge in [0.15, 0.2) is 0 Å². The minimum atomic E-state index is -0.0522. The predicted molar refractivity (Wildman–Crippen MR) is 122 cm³/mol. The number of piperidine rings is 1. The third-order valence-corrected chi connectivity index (χ3v) is 5.82. The molecule has 1 saturated heterocycles. The summed E-state index contributed by atoms with van der Waals surface area (Å²) in [6.45, 7) is 1.22. The Hall–Kier alpha value is -3.40. The van der Waals surface area contributed by atoms with Crippen molar-refractivity contribution in [2.75, 3.05) is 25.0 Å². The molecule has 0 spiro atoms. The summed E-state index contributed by atoms with van der Waals surface area (Å²) in [4.78, 5) is 29.1. The summed E-state index contributed by atoms with van der Waals surface area (Å²) < 4.78 is 0. The van der Waals surface area contributed by atoms with Crippen molar-refractivity contribution >= 4 is 34.4 Å². The number of rotatable bonds is 4. The van der Waals surface area contributed by atoms with Crippen molar-refractivity contribution in [2.45, 2.75) is 12.8 Å². The fourth-order valence-corrected chi connectivity index (χ4v) is 3.97. The van der Waals surface area contributed by atoms with Gasteiger partial charge >= 0.3 is 0 Å². The number of fused-ring (bicyclic) bond motifs is 1. The van der Waals surface area contributed by atoms with Gasteiger partial charge in [0.25, 0.3) is 0 Å². The zero-order valence-electron chi connectivity index (χ0n) is 17.2. The Morgan fingerprint density at radius 2 is 1.57 bits per heavy atom. The van der Waals surface area contributed by atoms with Crippen LogP contribution in [-0.2, 0) is 9.59 Å². The van der Waals surface area contributed by atoms with E-state index in [2.05, 4.69) is 24.3 Å². The summed E-state index contributed by atoms with van der Waals surface area (Å²) in [6, 6.07) is 24.0. The van der Waals surface area contributed by atoms with Gasteiger partial charge in [-0.05, 0) is 47.4 Å². The second-order valence-electron chi connectivity index (χ2n) is 7.77. The van der Waals surface area contributed by atoms with Gasteiger partial charge in [-0.1, -0.05) is 60.7 Å². The number of carbonyl (C=O) groups excluding carboxylic acids is 2. The van der Waals surface area contributed by atoms with Crippen molar-refractivity contribution < 1.29 is 9.59 Å². The molecule has 0 aliphatic carbocycles. The van der Waals surface area contributed by atoms with Crippen molar-refractivity contribution in [1.82, 2.24) is 4.90 Å². The number of nitrogens with zero attached hydrogens (tertiary/aromatic N) is 2. The first-order valence-corrected chi connectivity index (χ1v) is 10.4. The number of hydrogen-bond acceptors (Lipinski definition) is 2. The molecule has 3 aromatic carbocycles. The molecule has 4 nitrogen and oxygen atoms in total. The molecule has 4 heteroatoms. The second-order valence-corrected chi connectivity index (χ2v) is 7.77. The molecule has 0 radical (unpaired) electrons. The highest BCUT2D eigenvalue weighted by Crippen LogP contribution is 2.25. The molecular formula is C26H26N2O2. The Kier molecular flexibility index (Phi) is 5.94. The van der Waals surface area contributed by atoms with E-state index in [0.29, 0.717) is 25.9 Å². The van der Waals surface area contributed by atoms with E-state index in [0.717, 1.165) is 22.0 Å². The lowest BCUT2D eigenvalue weighted by Gasteiger charge is -2.32. The number of likely N-dealkylation sites (tertiary alicyclic amines) is 1. The summed E-state index contributed by atoms with van der Waals surface area (Å²) in [5.41, 5.74) is 1.91. The summed E-state index contributed by atoms with van der Waals surface area (Å²) in [6.07, 6.45) is 4.86. The first kappa shape index (κ1) is 19.9. The molecule has 0 N–H and O–H groups in total. The molecule has 1 aliphatic heterocycles. The average molecular weight is 399 g/mol. The maximum atomic E-state index is 13.0. The van der Waals surface area contributed by atoms with Crippen LogP contribution in [0.4, 0.5) is 5.69 Å². The molecule has 0 unspecified atom stereocenters. The summed E-state index contributed by atoms with van der Waals surface area (Å²) in [5.74, 6) is 0.0773. The maximum Gasteiger partial charge on any atom is 0.246 e. The third kappa shape index (κ3) is 4.43. The van der Waals surface area contributed by atoms with Crippen LogP contribution in [0.5, 0.6) is 0 Å². The van der Waals surface area contributed by atoms with Crippen LogP contribution in [0.1, 0.15) is 18.4 Å². The monoisotopic (exact) mass is 398 g/mol. The Labute approximate surface area is 177 Å². The maximum absolute atomic E-state index is 13.0. The van der Waals surface area contributed by atoms with Crippen LogP contribution in [0.3, 0.4) is 0 Å². The molecule has 0 aromatic heterocycles.